The number of halogens is 3. The molecule has 2 aromatic rings. The molecule has 0 aliphatic heterocycles. The normalized spacial score (nSPS) is 13.4. The number of nitrogens with two attached hydrogens (primary N) is 1. The van der Waals surface area contributed by atoms with Crippen LogP contribution in [0.3, 0.4) is 0 Å². The van der Waals surface area contributed by atoms with Crippen molar-refractivity contribution >= 4 is 16.9 Å². The van der Waals surface area contributed by atoms with Gasteiger partial charge < -0.3 is 15.5 Å². The van der Waals surface area contributed by atoms with Gasteiger partial charge >= 0.3 is 12.1 Å². The Morgan fingerprint density at radius 2 is 2.15 bits per heavy atom. The van der Waals surface area contributed by atoms with Crippen LogP contribution < -0.4 is 5.73 Å². The Hall–Kier alpha value is -2.02. The number of carbonyl (C=O) groups is 1. The maximum atomic E-state index is 12.7. The van der Waals surface area contributed by atoms with E-state index in [1.807, 2.05) is 0 Å². The van der Waals surface area contributed by atoms with E-state index >= 15 is 0 Å². The number of alkyl halides is 3. The number of carbonyl (C=O) groups excluding carboxylic acids is 1. The molecule has 0 saturated carbocycles. The van der Waals surface area contributed by atoms with E-state index in [-0.39, 0.29) is 17.6 Å². The zero-order valence-electron chi connectivity index (χ0n) is 10.6. The van der Waals surface area contributed by atoms with Crippen LogP contribution in [-0.4, -0.2) is 17.6 Å². The summed E-state index contributed by atoms with van der Waals surface area (Å²) < 4.78 is 42.9. The summed E-state index contributed by atoms with van der Waals surface area (Å²) in [5.41, 5.74) is 5.69. The predicted molar refractivity (Wildman–Crippen MR) is 66.9 cm³/mol. The standard InChI is InChI=1S/C13H13F3N2O2/c1-2-20-12(19)11(17)9-6-18-10-4-3-7(5-8(9)10)13(14,15)16/h3-6,11,18H,2,17H2,1H3. The van der Waals surface area contributed by atoms with E-state index in [0.717, 1.165) is 12.1 Å². The molecule has 1 aromatic carbocycles. The summed E-state index contributed by atoms with van der Waals surface area (Å²) in [6.45, 7) is 1.78. The number of H-pyrrole nitrogens is 1. The zero-order chi connectivity index (χ0) is 14.9. The molecule has 0 spiro atoms. The molecule has 1 unspecified atom stereocenters. The number of rotatable bonds is 3. The molecular weight excluding hydrogens is 273 g/mol. The molecule has 0 aliphatic carbocycles. The molecule has 2 rings (SSSR count). The summed E-state index contributed by atoms with van der Waals surface area (Å²) in [4.78, 5) is 14.4. The minimum atomic E-state index is -4.45. The number of hydrogen-bond donors (Lipinski definition) is 2. The maximum absolute atomic E-state index is 12.7. The molecule has 0 amide bonds. The summed E-state index contributed by atoms with van der Waals surface area (Å²) in [6.07, 6.45) is -3.02. The number of esters is 1. The van der Waals surface area contributed by atoms with Gasteiger partial charge in [-0.15, -0.1) is 0 Å². The van der Waals surface area contributed by atoms with Crippen LogP contribution in [0.2, 0.25) is 0 Å². The molecule has 0 fully saturated rings. The lowest BCUT2D eigenvalue weighted by molar-refractivity contribution is -0.144. The number of hydrogen-bond acceptors (Lipinski definition) is 3. The second-order valence-corrected chi connectivity index (χ2v) is 4.23. The Kier molecular flexibility index (Phi) is 3.71. The van der Waals surface area contributed by atoms with E-state index < -0.39 is 23.8 Å². The van der Waals surface area contributed by atoms with Gasteiger partial charge in [0.2, 0.25) is 0 Å². The summed E-state index contributed by atoms with van der Waals surface area (Å²) in [7, 11) is 0. The van der Waals surface area contributed by atoms with E-state index in [0.29, 0.717) is 5.52 Å². The first-order valence-electron chi connectivity index (χ1n) is 5.95. The van der Waals surface area contributed by atoms with Crippen LogP contribution in [0.15, 0.2) is 24.4 Å². The van der Waals surface area contributed by atoms with Crippen molar-refractivity contribution in [1.29, 1.82) is 0 Å². The van der Waals surface area contributed by atoms with Gasteiger partial charge in [0.1, 0.15) is 6.04 Å². The highest BCUT2D eigenvalue weighted by molar-refractivity contribution is 5.90. The van der Waals surface area contributed by atoms with Crippen LogP contribution in [0.5, 0.6) is 0 Å². The Balaban J connectivity index is 2.47. The van der Waals surface area contributed by atoms with E-state index in [9.17, 15) is 18.0 Å². The van der Waals surface area contributed by atoms with Gasteiger partial charge in [0, 0.05) is 22.7 Å². The van der Waals surface area contributed by atoms with Crippen molar-refractivity contribution in [3.8, 4) is 0 Å². The van der Waals surface area contributed by atoms with Gasteiger partial charge in [0.05, 0.1) is 12.2 Å². The Morgan fingerprint density at radius 1 is 1.45 bits per heavy atom. The van der Waals surface area contributed by atoms with Crippen LogP contribution >= 0.6 is 0 Å². The lowest BCUT2D eigenvalue weighted by atomic mass is 10.0. The third-order valence-electron chi connectivity index (χ3n) is 2.92. The fourth-order valence-corrected chi connectivity index (χ4v) is 1.93. The third kappa shape index (κ3) is 2.62. The van der Waals surface area contributed by atoms with Crippen LogP contribution in [0, 0.1) is 0 Å². The molecule has 7 heteroatoms. The van der Waals surface area contributed by atoms with Gasteiger partial charge in [-0.2, -0.15) is 13.2 Å². The highest BCUT2D eigenvalue weighted by Gasteiger charge is 2.31. The highest BCUT2D eigenvalue weighted by atomic mass is 19.4. The fraction of sp³-hybridized carbons (Fsp3) is 0.308. The van der Waals surface area contributed by atoms with Crippen LogP contribution in [0.1, 0.15) is 24.1 Å². The summed E-state index contributed by atoms with van der Waals surface area (Å²) in [5.74, 6) is -0.675. The smallest absolute Gasteiger partial charge is 0.416 e. The number of aromatic nitrogens is 1. The van der Waals surface area contributed by atoms with E-state index in [2.05, 4.69) is 4.98 Å². The average Bonchev–Trinajstić information content (AvgIpc) is 2.79. The monoisotopic (exact) mass is 286 g/mol. The first kappa shape index (κ1) is 14.4. The first-order valence-corrected chi connectivity index (χ1v) is 5.95. The van der Waals surface area contributed by atoms with E-state index in [1.165, 1.54) is 12.3 Å². The SMILES string of the molecule is CCOC(=O)C(N)c1c[nH]c2ccc(C(F)(F)F)cc12. The molecule has 0 radical (unpaired) electrons. The maximum Gasteiger partial charge on any atom is 0.416 e. The molecule has 0 saturated heterocycles. The molecule has 20 heavy (non-hydrogen) atoms. The van der Waals surface area contributed by atoms with E-state index in [1.54, 1.807) is 6.92 Å². The quantitative estimate of drug-likeness (QED) is 0.852. The molecule has 0 bridgehead atoms. The minimum Gasteiger partial charge on any atom is -0.465 e. The molecular formula is C13H13F3N2O2. The van der Waals surface area contributed by atoms with Crippen molar-refractivity contribution in [3.05, 3.63) is 35.5 Å². The summed E-state index contributed by atoms with van der Waals surface area (Å²) in [5, 5.41) is 0.264. The molecule has 1 atom stereocenters. The van der Waals surface area contributed by atoms with Crippen LogP contribution in [0.4, 0.5) is 13.2 Å². The molecule has 4 nitrogen and oxygen atoms in total. The van der Waals surface area contributed by atoms with Crippen LogP contribution in [0.25, 0.3) is 10.9 Å². The molecule has 1 heterocycles. The van der Waals surface area contributed by atoms with Crippen molar-refractivity contribution in [3.63, 3.8) is 0 Å². The van der Waals surface area contributed by atoms with Gasteiger partial charge in [-0.3, -0.25) is 0 Å². The second-order valence-electron chi connectivity index (χ2n) is 4.23. The predicted octanol–water partition coefficient (Wildman–Crippen LogP) is 2.75. The van der Waals surface area contributed by atoms with Gasteiger partial charge in [0.25, 0.3) is 0 Å². The molecule has 0 aliphatic rings. The van der Waals surface area contributed by atoms with Crippen molar-refractivity contribution in [1.82, 2.24) is 4.98 Å². The fourth-order valence-electron chi connectivity index (χ4n) is 1.93. The first-order chi connectivity index (χ1) is 9.34. The van der Waals surface area contributed by atoms with Gasteiger partial charge in [0.15, 0.2) is 0 Å². The van der Waals surface area contributed by atoms with Crippen molar-refractivity contribution in [2.45, 2.75) is 19.1 Å². The van der Waals surface area contributed by atoms with Crippen LogP contribution in [-0.2, 0) is 15.7 Å². The Bertz CT molecular complexity index is 634. The van der Waals surface area contributed by atoms with Gasteiger partial charge in [-0.1, -0.05) is 0 Å². The average molecular weight is 286 g/mol. The summed E-state index contributed by atoms with van der Waals surface area (Å²) in [6, 6.07) is 2.13. The third-order valence-corrected chi connectivity index (χ3v) is 2.92. The largest absolute Gasteiger partial charge is 0.465 e. The molecule has 3 N–H and O–H groups in total. The number of nitrogens with one attached hydrogen (secondary N) is 1. The van der Waals surface area contributed by atoms with E-state index in [4.69, 9.17) is 10.5 Å². The molecule has 108 valence electrons. The van der Waals surface area contributed by atoms with Gasteiger partial charge in [-0.05, 0) is 25.1 Å². The Morgan fingerprint density at radius 3 is 2.75 bits per heavy atom. The van der Waals surface area contributed by atoms with Gasteiger partial charge in [-0.25, -0.2) is 4.79 Å². The number of ether oxygens (including phenoxy) is 1. The second kappa shape index (κ2) is 5.16. The Labute approximate surface area is 112 Å². The topological polar surface area (TPSA) is 68.1 Å². The number of fused-ring (bicyclic) bond motifs is 1. The van der Waals surface area contributed by atoms with Crippen molar-refractivity contribution in [2.24, 2.45) is 5.73 Å². The zero-order valence-corrected chi connectivity index (χ0v) is 10.6. The lowest BCUT2D eigenvalue weighted by Crippen LogP contribution is -2.23. The van der Waals surface area contributed by atoms with Crippen molar-refractivity contribution < 1.29 is 22.7 Å². The lowest BCUT2D eigenvalue weighted by Gasteiger charge is -2.11. The molecule has 1 aromatic heterocycles. The summed E-state index contributed by atoms with van der Waals surface area (Å²) >= 11 is 0. The highest BCUT2D eigenvalue weighted by Crippen LogP contribution is 2.33. The number of benzene rings is 1. The van der Waals surface area contributed by atoms with Crippen molar-refractivity contribution in [2.75, 3.05) is 6.61 Å². The number of aromatic amines is 1. The minimum absolute atomic E-state index is 0.155.